The van der Waals surface area contributed by atoms with Crippen molar-refractivity contribution in [3.63, 3.8) is 0 Å². The highest BCUT2D eigenvalue weighted by Crippen LogP contribution is 2.17. The normalized spacial score (nSPS) is 15.1. The SMILES string of the molecule is NCCCC(=O)N1CCN(c2ccc([N+](=O)[O-])cn2)CC1. The zero-order valence-corrected chi connectivity index (χ0v) is 11.8. The third kappa shape index (κ3) is 3.88. The van der Waals surface area contributed by atoms with Crippen molar-refractivity contribution >= 4 is 17.4 Å². The fourth-order valence-corrected chi connectivity index (χ4v) is 2.27. The van der Waals surface area contributed by atoms with Crippen LogP contribution < -0.4 is 10.6 Å². The van der Waals surface area contributed by atoms with Gasteiger partial charge < -0.3 is 15.5 Å². The maximum atomic E-state index is 11.9. The minimum absolute atomic E-state index is 0.0191. The fraction of sp³-hybridized carbons (Fsp3) is 0.538. The van der Waals surface area contributed by atoms with Gasteiger partial charge >= 0.3 is 0 Å². The van der Waals surface area contributed by atoms with Gasteiger partial charge in [0.15, 0.2) is 0 Å². The highest BCUT2D eigenvalue weighted by Gasteiger charge is 2.21. The summed E-state index contributed by atoms with van der Waals surface area (Å²) in [5.74, 6) is 0.839. The number of carbonyl (C=O) groups excluding carboxylic acids is 1. The van der Waals surface area contributed by atoms with E-state index in [4.69, 9.17) is 5.73 Å². The standard InChI is InChI=1S/C13H19N5O3/c14-5-1-2-13(19)17-8-6-16(7-9-17)12-4-3-11(10-15-12)18(20)21/h3-4,10H,1-2,5-9,14H2. The molecule has 1 amide bonds. The van der Waals surface area contributed by atoms with E-state index in [0.29, 0.717) is 51.4 Å². The largest absolute Gasteiger partial charge is 0.353 e. The summed E-state index contributed by atoms with van der Waals surface area (Å²) in [5.41, 5.74) is 5.38. The van der Waals surface area contributed by atoms with Crippen LogP contribution in [-0.2, 0) is 4.79 Å². The summed E-state index contributed by atoms with van der Waals surface area (Å²) in [6.07, 6.45) is 2.46. The van der Waals surface area contributed by atoms with E-state index in [1.807, 2.05) is 9.80 Å². The molecule has 0 bridgehead atoms. The molecule has 0 spiro atoms. The molecule has 0 aliphatic carbocycles. The number of rotatable bonds is 5. The summed E-state index contributed by atoms with van der Waals surface area (Å²) in [4.78, 5) is 30.0. The zero-order valence-electron chi connectivity index (χ0n) is 11.8. The van der Waals surface area contributed by atoms with Crippen molar-refractivity contribution in [1.82, 2.24) is 9.88 Å². The van der Waals surface area contributed by atoms with Gasteiger partial charge in [0.2, 0.25) is 5.91 Å². The van der Waals surface area contributed by atoms with Gasteiger partial charge in [0, 0.05) is 38.7 Å². The van der Waals surface area contributed by atoms with Crippen molar-refractivity contribution in [2.24, 2.45) is 5.73 Å². The van der Waals surface area contributed by atoms with Gasteiger partial charge in [-0.25, -0.2) is 4.98 Å². The van der Waals surface area contributed by atoms with E-state index in [9.17, 15) is 14.9 Å². The molecule has 0 saturated carbocycles. The third-order valence-corrected chi connectivity index (χ3v) is 3.49. The molecule has 0 aromatic carbocycles. The van der Waals surface area contributed by atoms with Crippen LogP contribution in [-0.4, -0.2) is 53.4 Å². The number of nitro groups is 1. The number of pyridine rings is 1. The quantitative estimate of drug-likeness (QED) is 0.621. The maximum Gasteiger partial charge on any atom is 0.287 e. The summed E-state index contributed by atoms with van der Waals surface area (Å²) in [6.45, 7) is 3.17. The molecule has 8 heteroatoms. The Morgan fingerprint density at radius 2 is 2.05 bits per heavy atom. The Morgan fingerprint density at radius 3 is 2.57 bits per heavy atom. The first kappa shape index (κ1) is 15.2. The molecule has 0 unspecified atom stereocenters. The number of hydrogen-bond donors (Lipinski definition) is 1. The van der Waals surface area contributed by atoms with Gasteiger partial charge in [-0.1, -0.05) is 0 Å². The number of piperazine rings is 1. The Morgan fingerprint density at radius 1 is 1.33 bits per heavy atom. The molecule has 0 radical (unpaired) electrons. The molecule has 21 heavy (non-hydrogen) atoms. The van der Waals surface area contributed by atoms with Gasteiger partial charge in [-0.2, -0.15) is 0 Å². The van der Waals surface area contributed by atoms with Crippen molar-refractivity contribution in [3.05, 3.63) is 28.4 Å². The Balaban J connectivity index is 1.88. The van der Waals surface area contributed by atoms with E-state index >= 15 is 0 Å². The average Bonchev–Trinajstić information content (AvgIpc) is 2.53. The number of hydrogen-bond acceptors (Lipinski definition) is 6. The lowest BCUT2D eigenvalue weighted by molar-refractivity contribution is -0.385. The topological polar surface area (TPSA) is 106 Å². The van der Waals surface area contributed by atoms with Crippen LogP contribution in [0.3, 0.4) is 0 Å². The van der Waals surface area contributed by atoms with E-state index in [1.165, 1.54) is 12.3 Å². The summed E-state index contributed by atoms with van der Waals surface area (Å²) >= 11 is 0. The number of aromatic nitrogens is 1. The van der Waals surface area contributed by atoms with Crippen LogP contribution in [0.1, 0.15) is 12.8 Å². The molecule has 1 aliphatic rings. The van der Waals surface area contributed by atoms with Crippen LogP contribution in [0.4, 0.5) is 11.5 Å². The Hall–Kier alpha value is -2.22. The lowest BCUT2D eigenvalue weighted by atomic mass is 10.2. The van der Waals surface area contributed by atoms with Crippen molar-refractivity contribution < 1.29 is 9.72 Å². The molecule has 1 aromatic heterocycles. The van der Waals surface area contributed by atoms with Crippen LogP contribution >= 0.6 is 0 Å². The number of anilines is 1. The van der Waals surface area contributed by atoms with Gasteiger partial charge in [-0.3, -0.25) is 14.9 Å². The van der Waals surface area contributed by atoms with Crippen molar-refractivity contribution in [2.45, 2.75) is 12.8 Å². The number of nitrogens with zero attached hydrogens (tertiary/aromatic N) is 4. The van der Waals surface area contributed by atoms with Gasteiger partial charge in [-0.05, 0) is 19.0 Å². The Bertz CT molecular complexity index is 497. The second-order valence-electron chi connectivity index (χ2n) is 4.89. The van der Waals surface area contributed by atoms with E-state index in [0.717, 1.165) is 0 Å². The summed E-state index contributed by atoms with van der Waals surface area (Å²) in [7, 11) is 0. The van der Waals surface area contributed by atoms with Crippen LogP contribution in [0, 0.1) is 10.1 Å². The van der Waals surface area contributed by atoms with E-state index in [-0.39, 0.29) is 11.6 Å². The molecular formula is C13H19N5O3. The van der Waals surface area contributed by atoms with Crippen LogP contribution in [0.2, 0.25) is 0 Å². The molecule has 114 valence electrons. The minimum Gasteiger partial charge on any atom is -0.353 e. The minimum atomic E-state index is -0.467. The first-order valence-corrected chi connectivity index (χ1v) is 6.95. The van der Waals surface area contributed by atoms with Crippen LogP contribution in [0.15, 0.2) is 18.3 Å². The summed E-state index contributed by atoms with van der Waals surface area (Å²) in [5, 5.41) is 10.6. The Labute approximate surface area is 122 Å². The monoisotopic (exact) mass is 293 g/mol. The second-order valence-corrected chi connectivity index (χ2v) is 4.89. The predicted octanol–water partition coefficient (Wildman–Crippen LogP) is 0.377. The van der Waals surface area contributed by atoms with E-state index < -0.39 is 4.92 Å². The van der Waals surface area contributed by atoms with Crippen LogP contribution in [0.5, 0.6) is 0 Å². The van der Waals surface area contributed by atoms with Gasteiger partial charge in [0.1, 0.15) is 12.0 Å². The molecule has 1 aromatic rings. The molecule has 2 N–H and O–H groups in total. The van der Waals surface area contributed by atoms with Gasteiger partial charge in [-0.15, -0.1) is 0 Å². The molecule has 8 nitrogen and oxygen atoms in total. The Kier molecular flexibility index (Phi) is 5.04. The lowest BCUT2D eigenvalue weighted by Gasteiger charge is -2.35. The van der Waals surface area contributed by atoms with Gasteiger partial charge in [0.05, 0.1) is 4.92 Å². The van der Waals surface area contributed by atoms with Crippen LogP contribution in [0.25, 0.3) is 0 Å². The zero-order chi connectivity index (χ0) is 15.2. The number of amides is 1. The molecular weight excluding hydrogens is 274 g/mol. The highest BCUT2D eigenvalue weighted by molar-refractivity contribution is 5.76. The molecule has 1 fully saturated rings. The van der Waals surface area contributed by atoms with E-state index in [1.54, 1.807) is 6.07 Å². The molecule has 2 heterocycles. The highest BCUT2D eigenvalue weighted by atomic mass is 16.6. The molecule has 1 aliphatic heterocycles. The van der Waals surface area contributed by atoms with Crippen molar-refractivity contribution in [2.75, 3.05) is 37.6 Å². The third-order valence-electron chi connectivity index (χ3n) is 3.49. The number of carbonyl (C=O) groups is 1. The second kappa shape index (κ2) is 6.98. The average molecular weight is 293 g/mol. The van der Waals surface area contributed by atoms with Crippen molar-refractivity contribution in [3.8, 4) is 0 Å². The summed E-state index contributed by atoms with van der Waals surface area (Å²) in [6, 6.07) is 3.09. The first-order chi connectivity index (χ1) is 10.1. The maximum absolute atomic E-state index is 11.9. The lowest BCUT2D eigenvalue weighted by Crippen LogP contribution is -2.49. The number of nitrogens with two attached hydrogens (primary N) is 1. The van der Waals surface area contributed by atoms with Crippen molar-refractivity contribution in [1.29, 1.82) is 0 Å². The molecule has 0 atom stereocenters. The van der Waals surface area contributed by atoms with E-state index in [2.05, 4.69) is 4.98 Å². The molecule has 2 rings (SSSR count). The fourth-order valence-electron chi connectivity index (χ4n) is 2.27. The summed E-state index contributed by atoms with van der Waals surface area (Å²) < 4.78 is 0. The molecule has 1 saturated heterocycles. The first-order valence-electron chi connectivity index (χ1n) is 6.95. The van der Waals surface area contributed by atoms with Gasteiger partial charge in [0.25, 0.3) is 5.69 Å². The smallest absolute Gasteiger partial charge is 0.287 e. The predicted molar refractivity (Wildman–Crippen MR) is 78.0 cm³/mol.